The van der Waals surface area contributed by atoms with Crippen LogP contribution in [0.1, 0.15) is 22.5 Å². The van der Waals surface area contributed by atoms with E-state index >= 15 is 0 Å². The van der Waals surface area contributed by atoms with Crippen molar-refractivity contribution in [3.05, 3.63) is 40.7 Å². The van der Waals surface area contributed by atoms with Gasteiger partial charge in [-0.2, -0.15) is 5.10 Å². The fraction of sp³-hybridized carbons (Fsp3) is 0.308. The molecule has 4 heteroatoms. The van der Waals surface area contributed by atoms with E-state index in [1.165, 1.54) is 5.56 Å². The van der Waals surface area contributed by atoms with E-state index in [-0.39, 0.29) is 0 Å². The summed E-state index contributed by atoms with van der Waals surface area (Å²) in [5.74, 6) is 0.712. The molecule has 0 amide bonds. The zero-order valence-corrected chi connectivity index (χ0v) is 10.4. The summed E-state index contributed by atoms with van der Waals surface area (Å²) in [7, 11) is 1.62. The molecule has 90 valence electrons. The molecule has 0 saturated heterocycles. The highest BCUT2D eigenvalue weighted by Crippen LogP contribution is 2.23. The van der Waals surface area contributed by atoms with Crippen LogP contribution in [0, 0.1) is 13.8 Å². The molecular formula is C13H17N3O. The fourth-order valence-corrected chi connectivity index (χ4v) is 1.79. The Labute approximate surface area is 101 Å². The fourth-order valence-electron chi connectivity index (χ4n) is 1.79. The number of hydrogen-bond acceptors (Lipinski definition) is 3. The molecule has 2 rings (SSSR count). The Kier molecular flexibility index (Phi) is 3.04. The van der Waals surface area contributed by atoms with Crippen LogP contribution < -0.4 is 10.5 Å². The molecule has 0 spiro atoms. The Morgan fingerprint density at radius 1 is 1.35 bits per heavy atom. The lowest BCUT2D eigenvalue weighted by Gasteiger charge is -2.06. The Morgan fingerprint density at radius 2 is 2.12 bits per heavy atom. The zero-order chi connectivity index (χ0) is 12.4. The predicted octanol–water partition coefficient (Wildman–Crippen LogP) is 2.21. The maximum Gasteiger partial charge on any atom is 0.141 e. The van der Waals surface area contributed by atoms with Crippen LogP contribution in [0.2, 0.25) is 0 Å². The summed E-state index contributed by atoms with van der Waals surface area (Å²) in [6, 6.07) is 5.83. The van der Waals surface area contributed by atoms with Crippen molar-refractivity contribution in [2.75, 3.05) is 12.8 Å². The maximum atomic E-state index is 5.88. The molecule has 0 aliphatic heterocycles. The van der Waals surface area contributed by atoms with E-state index < -0.39 is 0 Å². The SMILES string of the molecule is COc1ccc(Cc2n[nH]c(C)c2C)cc1N. The first-order valence-corrected chi connectivity index (χ1v) is 5.54. The van der Waals surface area contributed by atoms with Gasteiger partial charge in [-0.1, -0.05) is 6.07 Å². The number of anilines is 1. The number of rotatable bonds is 3. The maximum absolute atomic E-state index is 5.88. The van der Waals surface area contributed by atoms with Gasteiger partial charge in [0, 0.05) is 12.1 Å². The molecule has 0 radical (unpaired) electrons. The molecular weight excluding hydrogens is 214 g/mol. The molecule has 1 aromatic heterocycles. The molecule has 17 heavy (non-hydrogen) atoms. The number of ether oxygens (including phenoxy) is 1. The van der Waals surface area contributed by atoms with Crippen LogP contribution in [0.25, 0.3) is 0 Å². The van der Waals surface area contributed by atoms with Crippen LogP contribution in [0.5, 0.6) is 5.75 Å². The Bertz CT molecular complexity index is 531. The topological polar surface area (TPSA) is 63.9 Å². The van der Waals surface area contributed by atoms with Crippen molar-refractivity contribution in [1.29, 1.82) is 0 Å². The summed E-state index contributed by atoms with van der Waals surface area (Å²) in [6.45, 7) is 4.09. The number of aryl methyl sites for hydroxylation is 1. The second kappa shape index (κ2) is 4.49. The van der Waals surface area contributed by atoms with Crippen LogP contribution in [0.15, 0.2) is 18.2 Å². The standard InChI is InChI=1S/C13H17N3O/c1-8-9(2)15-16-12(8)7-10-4-5-13(17-3)11(14)6-10/h4-6H,7,14H2,1-3H3,(H,15,16). The second-order valence-corrected chi connectivity index (χ2v) is 4.17. The van der Waals surface area contributed by atoms with Crippen LogP contribution >= 0.6 is 0 Å². The molecule has 0 atom stereocenters. The lowest BCUT2D eigenvalue weighted by Crippen LogP contribution is -1.96. The highest BCUT2D eigenvalue weighted by atomic mass is 16.5. The van der Waals surface area contributed by atoms with Crippen LogP contribution in [0.3, 0.4) is 0 Å². The Balaban J connectivity index is 2.25. The largest absolute Gasteiger partial charge is 0.495 e. The lowest BCUT2D eigenvalue weighted by atomic mass is 10.1. The summed E-state index contributed by atoms with van der Waals surface area (Å²) in [4.78, 5) is 0. The number of nitrogens with one attached hydrogen (secondary N) is 1. The van der Waals surface area contributed by atoms with Crippen molar-refractivity contribution >= 4 is 5.69 Å². The molecule has 0 unspecified atom stereocenters. The summed E-state index contributed by atoms with van der Waals surface area (Å²) in [5.41, 5.74) is 11.1. The van der Waals surface area contributed by atoms with Crippen LogP contribution in [-0.4, -0.2) is 17.3 Å². The summed E-state index contributed by atoms with van der Waals surface area (Å²) in [6.07, 6.45) is 0.782. The Hall–Kier alpha value is -1.97. The van der Waals surface area contributed by atoms with Gasteiger partial charge in [0.05, 0.1) is 18.5 Å². The molecule has 2 aromatic rings. The highest BCUT2D eigenvalue weighted by Gasteiger charge is 2.07. The van der Waals surface area contributed by atoms with Crippen molar-refractivity contribution < 1.29 is 4.74 Å². The number of nitrogen functional groups attached to an aromatic ring is 1. The van der Waals surface area contributed by atoms with E-state index in [1.807, 2.05) is 25.1 Å². The average Bonchev–Trinajstić information content (AvgIpc) is 2.61. The molecule has 0 aliphatic carbocycles. The smallest absolute Gasteiger partial charge is 0.141 e. The minimum atomic E-state index is 0.662. The molecule has 0 bridgehead atoms. The van der Waals surface area contributed by atoms with Gasteiger partial charge in [-0.3, -0.25) is 5.10 Å². The van der Waals surface area contributed by atoms with Crippen LogP contribution in [0.4, 0.5) is 5.69 Å². The van der Waals surface area contributed by atoms with Crippen molar-refractivity contribution in [3.63, 3.8) is 0 Å². The van der Waals surface area contributed by atoms with Crippen molar-refractivity contribution in [2.24, 2.45) is 0 Å². The second-order valence-electron chi connectivity index (χ2n) is 4.17. The molecule has 1 aromatic carbocycles. The highest BCUT2D eigenvalue weighted by molar-refractivity contribution is 5.54. The van der Waals surface area contributed by atoms with Gasteiger partial charge in [-0.25, -0.2) is 0 Å². The van der Waals surface area contributed by atoms with E-state index in [2.05, 4.69) is 17.1 Å². The number of H-pyrrole nitrogens is 1. The lowest BCUT2D eigenvalue weighted by molar-refractivity contribution is 0.417. The molecule has 3 N–H and O–H groups in total. The van der Waals surface area contributed by atoms with E-state index in [0.29, 0.717) is 11.4 Å². The number of aromatic amines is 1. The zero-order valence-electron chi connectivity index (χ0n) is 10.4. The third kappa shape index (κ3) is 2.25. The minimum absolute atomic E-state index is 0.662. The normalized spacial score (nSPS) is 10.5. The number of hydrogen-bond donors (Lipinski definition) is 2. The minimum Gasteiger partial charge on any atom is -0.495 e. The van der Waals surface area contributed by atoms with Gasteiger partial charge in [0.15, 0.2) is 0 Å². The first-order chi connectivity index (χ1) is 8.11. The van der Waals surface area contributed by atoms with E-state index in [1.54, 1.807) is 7.11 Å². The van der Waals surface area contributed by atoms with Crippen LogP contribution in [-0.2, 0) is 6.42 Å². The predicted molar refractivity (Wildman–Crippen MR) is 68.3 cm³/mol. The first-order valence-electron chi connectivity index (χ1n) is 5.54. The number of aromatic nitrogens is 2. The molecule has 4 nitrogen and oxygen atoms in total. The van der Waals surface area contributed by atoms with E-state index in [4.69, 9.17) is 10.5 Å². The molecule has 0 saturated carbocycles. The van der Waals surface area contributed by atoms with Gasteiger partial charge in [0.1, 0.15) is 5.75 Å². The molecule has 0 fully saturated rings. The number of methoxy groups -OCH3 is 1. The average molecular weight is 231 g/mol. The van der Waals surface area contributed by atoms with E-state index in [0.717, 1.165) is 23.4 Å². The van der Waals surface area contributed by atoms with Gasteiger partial charge in [-0.15, -0.1) is 0 Å². The first kappa shape index (κ1) is 11.5. The van der Waals surface area contributed by atoms with Crippen molar-refractivity contribution in [2.45, 2.75) is 20.3 Å². The van der Waals surface area contributed by atoms with Gasteiger partial charge >= 0.3 is 0 Å². The molecule has 1 heterocycles. The quantitative estimate of drug-likeness (QED) is 0.796. The molecule has 0 aliphatic rings. The monoisotopic (exact) mass is 231 g/mol. The van der Waals surface area contributed by atoms with Crippen molar-refractivity contribution in [3.8, 4) is 5.75 Å². The van der Waals surface area contributed by atoms with Crippen molar-refractivity contribution in [1.82, 2.24) is 10.2 Å². The third-order valence-electron chi connectivity index (χ3n) is 3.02. The van der Waals surface area contributed by atoms with E-state index in [9.17, 15) is 0 Å². The Morgan fingerprint density at radius 3 is 2.65 bits per heavy atom. The van der Waals surface area contributed by atoms with Gasteiger partial charge < -0.3 is 10.5 Å². The number of nitrogens with two attached hydrogens (primary N) is 1. The van der Waals surface area contributed by atoms with Gasteiger partial charge in [-0.05, 0) is 37.1 Å². The number of nitrogens with zero attached hydrogens (tertiary/aromatic N) is 1. The summed E-state index contributed by atoms with van der Waals surface area (Å²) >= 11 is 0. The number of benzene rings is 1. The van der Waals surface area contributed by atoms with Gasteiger partial charge in [0.25, 0.3) is 0 Å². The summed E-state index contributed by atoms with van der Waals surface area (Å²) in [5, 5.41) is 7.27. The van der Waals surface area contributed by atoms with Gasteiger partial charge in [0.2, 0.25) is 0 Å². The third-order valence-corrected chi connectivity index (χ3v) is 3.02. The summed E-state index contributed by atoms with van der Waals surface area (Å²) < 4.78 is 5.13.